The summed E-state index contributed by atoms with van der Waals surface area (Å²) in [5, 5.41) is 3.68. The standard InChI is InChI=1S/C17H22ClNO/c1-12-7-9-14(10-8-12)13(2)17(20)19-11-15-5-3-4-6-16(15)18/h3-6,9,12-13H,7-8,10-11H2,1-2H3,(H,19,20). The highest BCUT2D eigenvalue weighted by Gasteiger charge is 2.20. The molecule has 3 heteroatoms. The van der Waals surface area contributed by atoms with Gasteiger partial charge in [0.05, 0.1) is 5.92 Å². The molecule has 0 saturated heterocycles. The van der Waals surface area contributed by atoms with Crippen LogP contribution in [-0.2, 0) is 11.3 Å². The van der Waals surface area contributed by atoms with E-state index < -0.39 is 0 Å². The zero-order valence-electron chi connectivity index (χ0n) is 12.2. The number of carbonyl (C=O) groups excluding carboxylic acids is 1. The second-order valence-corrected chi connectivity index (χ2v) is 6.10. The molecule has 2 atom stereocenters. The van der Waals surface area contributed by atoms with Gasteiger partial charge in [-0.2, -0.15) is 0 Å². The van der Waals surface area contributed by atoms with E-state index in [1.165, 1.54) is 12.0 Å². The molecule has 0 heterocycles. The van der Waals surface area contributed by atoms with Crippen molar-refractivity contribution in [3.8, 4) is 0 Å². The number of benzene rings is 1. The van der Waals surface area contributed by atoms with Gasteiger partial charge in [0, 0.05) is 11.6 Å². The van der Waals surface area contributed by atoms with E-state index in [1.807, 2.05) is 31.2 Å². The van der Waals surface area contributed by atoms with Crippen molar-refractivity contribution in [3.05, 3.63) is 46.5 Å². The number of rotatable bonds is 4. The van der Waals surface area contributed by atoms with Crippen LogP contribution in [0.3, 0.4) is 0 Å². The first-order chi connectivity index (χ1) is 9.58. The van der Waals surface area contributed by atoms with Gasteiger partial charge in [-0.1, -0.05) is 48.4 Å². The molecule has 1 amide bonds. The van der Waals surface area contributed by atoms with Gasteiger partial charge in [-0.05, 0) is 43.7 Å². The summed E-state index contributed by atoms with van der Waals surface area (Å²) in [5.41, 5.74) is 2.24. The lowest BCUT2D eigenvalue weighted by atomic mass is 9.85. The predicted octanol–water partition coefficient (Wildman–Crippen LogP) is 4.34. The predicted molar refractivity (Wildman–Crippen MR) is 83.6 cm³/mol. The van der Waals surface area contributed by atoms with Crippen molar-refractivity contribution in [2.75, 3.05) is 0 Å². The maximum absolute atomic E-state index is 12.2. The molecule has 0 bridgehead atoms. The van der Waals surface area contributed by atoms with Gasteiger partial charge in [-0.3, -0.25) is 4.79 Å². The third-order valence-corrected chi connectivity index (χ3v) is 4.44. The molecule has 0 spiro atoms. The van der Waals surface area contributed by atoms with Gasteiger partial charge in [-0.15, -0.1) is 0 Å². The van der Waals surface area contributed by atoms with Crippen LogP contribution in [0.1, 0.15) is 38.7 Å². The first-order valence-corrected chi connectivity index (χ1v) is 7.65. The molecule has 1 aliphatic carbocycles. The second-order valence-electron chi connectivity index (χ2n) is 5.69. The lowest BCUT2D eigenvalue weighted by molar-refractivity contribution is -0.123. The molecule has 1 aromatic rings. The molecular formula is C17H22ClNO. The first kappa shape index (κ1) is 15.1. The minimum absolute atomic E-state index is 0.0370. The Morgan fingerprint density at radius 1 is 1.45 bits per heavy atom. The molecule has 0 saturated carbocycles. The summed E-state index contributed by atoms with van der Waals surface area (Å²) in [6.45, 7) is 4.74. The summed E-state index contributed by atoms with van der Waals surface area (Å²) in [5.74, 6) is 0.799. The smallest absolute Gasteiger partial charge is 0.227 e. The van der Waals surface area contributed by atoms with Crippen LogP contribution in [0.4, 0.5) is 0 Å². The zero-order chi connectivity index (χ0) is 14.5. The number of allylic oxidation sites excluding steroid dienone is 1. The Labute approximate surface area is 126 Å². The number of amides is 1. The largest absolute Gasteiger partial charge is 0.351 e. The Morgan fingerprint density at radius 2 is 2.20 bits per heavy atom. The van der Waals surface area contributed by atoms with E-state index in [-0.39, 0.29) is 11.8 Å². The maximum Gasteiger partial charge on any atom is 0.227 e. The SMILES string of the molecule is CC1CC=C(C(C)C(=O)NCc2ccccc2Cl)CC1. The topological polar surface area (TPSA) is 29.1 Å². The summed E-state index contributed by atoms with van der Waals surface area (Å²) < 4.78 is 0. The van der Waals surface area contributed by atoms with Gasteiger partial charge >= 0.3 is 0 Å². The van der Waals surface area contributed by atoms with E-state index in [0.717, 1.165) is 24.3 Å². The Morgan fingerprint density at radius 3 is 2.85 bits per heavy atom. The van der Waals surface area contributed by atoms with Crippen LogP contribution in [0, 0.1) is 11.8 Å². The second kappa shape index (κ2) is 6.94. The van der Waals surface area contributed by atoms with E-state index in [9.17, 15) is 4.79 Å². The van der Waals surface area contributed by atoms with Crippen LogP contribution < -0.4 is 5.32 Å². The van der Waals surface area contributed by atoms with Gasteiger partial charge in [0.2, 0.25) is 5.91 Å². The van der Waals surface area contributed by atoms with Crippen molar-refractivity contribution in [2.45, 2.75) is 39.7 Å². The highest BCUT2D eigenvalue weighted by Crippen LogP contribution is 2.28. The molecule has 1 N–H and O–H groups in total. The van der Waals surface area contributed by atoms with Gasteiger partial charge in [0.25, 0.3) is 0 Å². The average molecular weight is 292 g/mol. The van der Waals surface area contributed by atoms with Gasteiger partial charge in [0.15, 0.2) is 0 Å². The monoisotopic (exact) mass is 291 g/mol. The zero-order valence-corrected chi connectivity index (χ0v) is 12.9. The Kier molecular flexibility index (Phi) is 5.24. The fraction of sp³-hybridized carbons (Fsp3) is 0.471. The molecule has 20 heavy (non-hydrogen) atoms. The Hall–Kier alpha value is -1.28. The summed E-state index contributed by atoms with van der Waals surface area (Å²) in [7, 11) is 0. The molecule has 1 aromatic carbocycles. The van der Waals surface area contributed by atoms with Crippen LogP contribution in [-0.4, -0.2) is 5.91 Å². The van der Waals surface area contributed by atoms with Crippen LogP contribution in [0.15, 0.2) is 35.9 Å². The van der Waals surface area contributed by atoms with Gasteiger partial charge in [-0.25, -0.2) is 0 Å². The minimum atomic E-state index is -0.0370. The lowest BCUT2D eigenvalue weighted by Gasteiger charge is -2.22. The molecule has 0 aliphatic heterocycles. The summed E-state index contributed by atoms with van der Waals surface area (Å²) in [6.07, 6.45) is 5.57. The highest BCUT2D eigenvalue weighted by atomic mass is 35.5. The molecule has 2 unspecified atom stereocenters. The number of carbonyl (C=O) groups is 1. The van der Waals surface area contributed by atoms with Crippen molar-refractivity contribution in [3.63, 3.8) is 0 Å². The molecule has 0 fully saturated rings. The average Bonchev–Trinajstić information content (AvgIpc) is 2.46. The van der Waals surface area contributed by atoms with Crippen molar-refractivity contribution in [2.24, 2.45) is 11.8 Å². The molecule has 2 rings (SSSR count). The number of nitrogens with one attached hydrogen (secondary N) is 1. The molecule has 108 valence electrons. The fourth-order valence-electron chi connectivity index (χ4n) is 2.52. The highest BCUT2D eigenvalue weighted by molar-refractivity contribution is 6.31. The Balaban J connectivity index is 1.90. The van der Waals surface area contributed by atoms with Crippen molar-refractivity contribution in [1.82, 2.24) is 5.32 Å². The first-order valence-electron chi connectivity index (χ1n) is 7.28. The van der Waals surface area contributed by atoms with E-state index in [2.05, 4.69) is 18.3 Å². The molecular weight excluding hydrogens is 270 g/mol. The third kappa shape index (κ3) is 3.86. The summed E-state index contributed by atoms with van der Waals surface area (Å²) in [4.78, 5) is 12.2. The third-order valence-electron chi connectivity index (χ3n) is 4.07. The lowest BCUT2D eigenvalue weighted by Crippen LogP contribution is -2.30. The van der Waals surface area contributed by atoms with Crippen molar-refractivity contribution >= 4 is 17.5 Å². The van der Waals surface area contributed by atoms with Crippen LogP contribution >= 0.6 is 11.6 Å². The van der Waals surface area contributed by atoms with Crippen LogP contribution in [0.25, 0.3) is 0 Å². The van der Waals surface area contributed by atoms with Gasteiger partial charge in [0.1, 0.15) is 0 Å². The van der Waals surface area contributed by atoms with Crippen molar-refractivity contribution < 1.29 is 4.79 Å². The Bertz CT molecular complexity index is 509. The maximum atomic E-state index is 12.2. The van der Waals surface area contributed by atoms with E-state index in [0.29, 0.717) is 11.6 Å². The van der Waals surface area contributed by atoms with Crippen molar-refractivity contribution in [1.29, 1.82) is 0 Å². The van der Waals surface area contributed by atoms with E-state index in [1.54, 1.807) is 0 Å². The normalized spacial score (nSPS) is 20.1. The number of halogens is 1. The molecule has 0 radical (unpaired) electrons. The summed E-state index contributed by atoms with van der Waals surface area (Å²) in [6, 6.07) is 7.61. The number of hydrogen-bond acceptors (Lipinski definition) is 1. The number of hydrogen-bond donors (Lipinski definition) is 1. The summed E-state index contributed by atoms with van der Waals surface area (Å²) >= 11 is 6.09. The minimum Gasteiger partial charge on any atom is -0.351 e. The molecule has 2 nitrogen and oxygen atoms in total. The van der Waals surface area contributed by atoms with Crippen LogP contribution in [0.5, 0.6) is 0 Å². The fourth-order valence-corrected chi connectivity index (χ4v) is 2.73. The quantitative estimate of drug-likeness (QED) is 0.822. The van der Waals surface area contributed by atoms with E-state index in [4.69, 9.17) is 11.6 Å². The molecule has 1 aliphatic rings. The van der Waals surface area contributed by atoms with Crippen LogP contribution in [0.2, 0.25) is 5.02 Å². The molecule has 0 aromatic heterocycles. The van der Waals surface area contributed by atoms with Gasteiger partial charge < -0.3 is 5.32 Å². The van der Waals surface area contributed by atoms with E-state index >= 15 is 0 Å².